The Bertz CT molecular complexity index is 782. The van der Waals surface area contributed by atoms with Crippen LogP contribution in [0.25, 0.3) is 5.76 Å². The number of benzene rings is 1. The highest BCUT2D eigenvalue weighted by molar-refractivity contribution is 6.52. The van der Waals surface area contributed by atoms with Crippen LogP contribution in [0, 0.1) is 5.92 Å². The van der Waals surface area contributed by atoms with E-state index in [1.165, 1.54) is 5.56 Å². The predicted molar refractivity (Wildman–Crippen MR) is 88.4 cm³/mol. The summed E-state index contributed by atoms with van der Waals surface area (Å²) in [7, 11) is 0. The summed E-state index contributed by atoms with van der Waals surface area (Å²) in [4.78, 5) is 25.5. The van der Waals surface area contributed by atoms with Crippen molar-refractivity contribution in [2.24, 2.45) is 5.92 Å². The number of ketones is 2. The maximum absolute atomic E-state index is 12.9. The Hall–Kier alpha value is -1.90. The number of hydrogen-bond acceptors (Lipinski definition) is 3. The molecule has 1 aromatic carbocycles. The summed E-state index contributed by atoms with van der Waals surface area (Å²) >= 11 is 0. The van der Waals surface area contributed by atoms with Gasteiger partial charge in [0.15, 0.2) is 0 Å². The van der Waals surface area contributed by atoms with Crippen LogP contribution < -0.4 is 0 Å². The van der Waals surface area contributed by atoms with E-state index in [0.717, 1.165) is 30.4 Å². The molecule has 120 valence electrons. The molecule has 0 fully saturated rings. The number of carbonyl (C=O) groups is 2. The van der Waals surface area contributed by atoms with Crippen molar-refractivity contribution in [3.63, 3.8) is 0 Å². The first kappa shape index (κ1) is 14.7. The monoisotopic (exact) mass is 310 g/mol. The second-order valence-corrected chi connectivity index (χ2v) is 7.76. The van der Waals surface area contributed by atoms with Gasteiger partial charge < -0.3 is 4.74 Å². The van der Waals surface area contributed by atoms with E-state index in [1.807, 2.05) is 19.9 Å². The van der Waals surface area contributed by atoms with Gasteiger partial charge in [-0.05, 0) is 42.7 Å². The van der Waals surface area contributed by atoms with Crippen molar-refractivity contribution >= 4 is 17.3 Å². The predicted octanol–water partition coefficient (Wildman–Crippen LogP) is 3.83. The molecule has 2 atom stereocenters. The van der Waals surface area contributed by atoms with Gasteiger partial charge in [0.05, 0.1) is 5.57 Å². The third-order valence-electron chi connectivity index (χ3n) is 5.90. The molecule has 0 saturated heterocycles. The molecular formula is C20H22O3. The zero-order chi connectivity index (χ0) is 16.5. The van der Waals surface area contributed by atoms with Gasteiger partial charge in [-0.25, -0.2) is 0 Å². The minimum atomic E-state index is -0.360. The van der Waals surface area contributed by atoms with E-state index in [2.05, 4.69) is 19.9 Å². The van der Waals surface area contributed by atoms with Crippen molar-refractivity contribution in [1.29, 1.82) is 0 Å². The molecule has 3 nitrogen and oxygen atoms in total. The fourth-order valence-corrected chi connectivity index (χ4v) is 4.38. The average Bonchev–Trinajstić information content (AvgIpc) is 2.79. The summed E-state index contributed by atoms with van der Waals surface area (Å²) in [6.07, 6.45) is 2.97. The average molecular weight is 310 g/mol. The van der Waals surface area contributed by atoms with Gasteiger partial charge in [0.1, 0.15) is 11.9 Å². The van der Waals surface area contributed by atoms with Crippen LogP contribution in [-0.2, 0) is 21.4 Å². The number of carbonyl (C=O) groups excluding carboxylic acids is 2. The minimum absolute atomic E-state index is 0.0259. The van der Waals surface area contributed by atoms with Crippen molar-refractivity contribution in [3.05, 3.63) is 40.0 Å². The van der Waals surface area contributed by atoms with Gasteiger partial charge in [0.2, 0.25) is 11.6 Å². The Kier molecular flexibility index (Phi) is 2.91. The standard InChI is InChI=1S/C20H22O3/c1-10-11(2)23-19-13-7-8-14-12(6-5-9-20(14,3)4)16(13)18(22)17(21)15(10)19/h7-8,10-11H,5-6,9H2,1-4H3. The van der Waals surface area contributed by atoms with Crippen molar-refractivity contribution in [1.82, 2.24) is 0 Å². The number of rotatable bonds is 0. The van der Waals surface area contributed by atoms with Crippen LogP contribution in [0.4, 0.5) is 0 Å². The van der Waals surface area contributed by atoms with Gasteiger partial charge >= 0.3 is 0 Å². The molecule has 4 rings (SSSR count). The topological polar surface area (TPSA) is 43.4 Å². The number of ether oxygens (including phenoxy) is 1. The maximum atomic E-state index is 12.9. The van der Waals surface area contributed by atoms with E-state index in [4.69, 9.17) is 4.74 Å². The minimum Gasteiger partial charge on any atom is -0.489 e. The first-order chi connectivity index (χ1) is 10.8. The Morgan fingerprint density at radius 1 is 1.13 bits per heavy atom. The Balaban J connectivity index is 2.00. The van der Waals surface area contributed by atoms with Gasteiger partial charge in [-0.3, -0.25) is 9.59 Å². The third kappa shape index (κ3) is 1.82. The van der Waals surface area contributed by atoms with Gasteiger partial charge in [0, 0.05) is 17.0 Å². The lowest BCUT2D eigenvalue weighted by Gasteiger charge is -2.35. The molecule has 3 aliphatic rings. The van der Waals surface area contributed by atoms with E-state index in [0.29, 0.717) is 16.9 Å². The Morgan fingerprint density at radius 2 is 1.87 bits per heavy atom. The van der Waals surface area contributed by atoms with Crippen LogP contribution in [0.5, 0.6) is 0 Å². The number of Topliss-reactive ketones (excluding diaryl/α,β-unsaturated/α-hetero) is 2. The number of hydrogen-bond donors (Lipinski definition) is 0. The molecule has 0 bridgehead atoms. The zero-order valence-corrected chi connectivity index (χ0v) is 14.2. The van der Waals surface area contributed by atoms with Gasteiger partial charge in [-0.15, -0.1) is 0 Å². The summed E-state index contributed by atoms with van der Waals surface area (Å²) in [6, 6.07) is 4.13. The molecular weight excluding hydrogens is 288 g/mol. The summed E-state index contributed by atoms with van der Waals surface area (Å²) in [5.41, 5.74) is 4.35. The van der Waals surface area contributed by atoms with Crippen LogP contribution in [-0.4, -0.2) is 17.7 Å². The lowest BCUT2D eigenvalue weighted by Crippen LogP contribution is -2.31. The molecule has 1 aliphatic heterocycles. The second-order valence-electron chi connectivity index (χ2n) is 7.76. The van der Waals surface area contributed by atoms with Crippen LogP contribution >= 0.6 is 0 Å². The van der Waals surface area contributed by atoms with Crippen molar-refractivity contribution in [2.45, 2.75) is 58.5 Å². The summed E-state index contributed by atoms with van der Waals surface area (Å²) < 4.78 is 5.97. The van der Waals surface area contributed by atoms with E-state index < -0.39 is 0 Å². The molecule has 0 amide bonds. The molecule has 0 aromatic heterocycles. The van der Waals surface area contributed by atoms with Crippen molar-refractivity contribution in [3.8, 4) is 0 Å². The summed E-state index contributed by atoms with van der Waals surface area (Å²) in [6.45, 7) is 8.35. The largest absolute Gasteiger partial charge is 0.489 e. The Labute approximate surface area is 136 Å². The SMILES string of the molecule is CC1OC2=C(C(=O)C(=O)c3c2ccc2c3CCCC2(C)C)C1C. The molecule has 1 heterocycles. The molecule has 2 aliphatic carbocycles. The lowest BCUT2D eigenvalue weighted by molar-refractivity contribution is -0.112. The summed E-state index contributed by atoms with van der Waals surface area (Å²) in [5, 5.41) is 0. The van der Waals surface area contributed by atoms with E-state index in [9.17, 15) is 9.59 Å². The fourth-order valence-electron chi connectivity index (χ4n) is 4.38. The normalized spacial score (nSPS) is 28.2. The third-order valence-corrected chi connectivity index (χ3v) is 5.90. The fraction of sp³-hybridized carbons (Fsp3) is 0.500. The van der Waals surface area contributed by atoms with E-state index in [-0.39, 0.29) is 29.0 Å². The van der Waals surface area contributed by atoms with Crippen LogP contribution in [0.15, 0.2) is 17.7 Å². The van der Waals surface area contributed by atoms with Crippen molar-refractivity contribution < 1.29 is 14.3 Å². The first-order valence-corrected chi connectivity index (χ1v) is 8.49. The van der Waals surface area contributed by atoms with Crippen LogP contribution in [0.2, 0.25) is 0 Å². The molecule has 0 N–H and O–H groups in total. The highest BCUT2D eigenvalue weighted by Crippen LogP contribution is 2.46. The van der Waals surface area contributed by atoms with E-state index >= 15 is 0 Å². The summed E-state index contributed by atoms with van der Waals surface area (Å²) in [5.74, 6) is -0.0724. The molecule has 1 aromatic rings. The van der Waals surface area contributed by atoms with Gasteiger partial charge in [-0.2, -0.15) is 0 Å². The van der Waals surface area contributed by atoms with Crippen molar-refractivity contribution in [2.75, 3.05) is 0 Å². The molecule has 0 saturated carbocycles. The molecule has 3 heteroatoms. The highest BCUT2D eigenvalue weighted by atomic mass is 16.5. The first-order valence-electron chi connectivity index (χ1n) is 8.49. The molecule has 0 radical (unpaired) electrons. The highest BCUT2D eigenvalue weighted by Gasteiger charge is 2.45. The maximum Gasteiger partial charge on any atom is 0.234 e. The lowest BCUT2D eigenvalue weighted by atomic mass is 9.69. The van der Waals surface area contributed by atoms with E-state index in [1.54, 1.807) is 0 Å². The Morgan fingerprint density at radius 3 is 2.61 bits per heavy atom. The van der Waals surface area contributed by atoms with Crippen LogP contribution in [0.3, 0.4) is 0 Å². The molecule has 2 unspecified atom stereocenters. The van der Waals surface area contributed by atoms with Gasteiger partial charge in [0.25, 0.3) is 0 Å². The number of fused-ring (bicyclic) bond motifs is 4. The quantitative estimate of drug-likeness (QED) is 0.684. The molecule has 0 spiro atoms. The smallest absolute Gasteiger partial charge is 0.234 e. The van der Waals surface area contributed by atoms with Crippen LogP contribution in [0.1, 0.15) is 67.6 Å². The van der Waals surface area contributed by atoms with Gasteiger partial charge in [-0.1, -0.05) is 32.9 Å². The second kappa shape index (κ2) is 4.56. The molecule has 23 heavy (non-hydrogen) atoms. The zero-order valence-electron chi connectivity index (χ0n) is 14.2.